The summed E-state index contributed by atoms with van der Waals surface area (Å²) in [5, 5.41) is 3.06. The lowest BCUT2D eigenvalue weighted by molar-refractivity contribution is 0.0961. The maximum atomic E-state index is 12.9. The number of anilines is 1. The maximum absolute atomic E-state index is 12.9. The van der Waals surface area contributed by atoms with Crippen molar-refractivity contribution in [3.05, 3.63) is 59.5 Å². The summed E-state index contributed by atoms with van der Waals surface area (Å²) in [5.41, 5.74) is 7.04. The van der Waals surface area contributed by atoms with Crippen molar-refractivity contribution in [2.45, 2.75) is 13.0 Å². The SMILES string of the molecule is CCNc1cc(C(N)C(=O)c2ccc(F)cc2)ccn1.Cl. The van der Waals surface area contributed by atoms with Gasteiger partial charge in [0.15, 0.2) is 5.78 Å². The zero-order valence-corrected chi connectivity index (χ0v) is 12.4. The van der Waals surface area contributed by atoms with Crippen LogP contribution in [-0.2, 0) is 0 Å². The third kappa shape index (κ3) is 4.24. The molecule has 2 aromatic rings. The summed E-state index contributed by atoms with van der Waals surface area (Å²) in [6, 6.07) is 8.02. The second-order valence-corrected chi connectivity index (χ2v) is 4.35. The molecule has 0 fully saturated rings. The minimum atomic E-state index is -0.791. The van der Waals surface area contributed by atoms with E-state index in [0.29, 0.717) is 16.9 Å². The number of hydrogen-bond acceptors (Lipinski definition) is 4. The minimum Gasteiger partial charge on any atom is -0.370 e. The molecular weight excluding hydrogens is 293 g/mol. The molecule has 0 aliphatic rings. The van der Waals surface area contributed by atoms with Crippen LogP contribution < -0.4 is 11.1 Å². The first-order valence-corrected chi connectivity index (χ1v) is 6.37. The highest BCUT2D eigenvalue weighted by molar-refractivity contribution is 6.00. The van der Waals surface area contributed by atoms with Gasteiger partial charge in [0.2, 0.25) is 0 Å². The Morgan fingerprint density at radius 2 is 2.00 bits per heavy atom. The normalized spacial score (nSPS) is 11.4. The number of rotatable bonds is 5. The van der Waals surface area contributed by atoms with E-state index in [1.54, 1.807) is 18.3 Å². The fourth-order valence-electron chi connectivity index (χ4n) is 1.86. The number of Topliss-reactive ketones (excluding diaryl/α,β-unsaturated/α-hetero) is 1. The molecular formula is C15H17ClFN3O. The van der Waals surface area contributed by atoms with Crippen molar-refractivity contribution >= 4 is 24.0 Å². The van der Waals surface area contributed by atoms with Crippen LogP contribution in [0, 0.1) is 5.82 Å². The predicted molar refractivity (Wildman–Crippen MR) is 83.3 cm³/mol. The summed E-state index contributed by atoms with van der Waals surface area (Å²) in [4.78, 5) is 16.4. The number of carbonyl (C=O) groups excluding carboxylic acids is 1. The van der Waals surface area contributed by atoms with Crippen LogP contribution in [0.5, 0.6) is 0 Å². The molecule has 0 radical (unpaired) electrons. The fraction of sp³-hybridized carbons (Fsp3) is 0.200. The quantitative estimate of drug-likeness (QED) is 0.833. The summed E-state index contributed by atoms with van der Waals surface area (Å²) >= 11 is 0. The number of carbonyl (C=O) groups is 1. The molecule has 0 aliphatic carbocycles. The van der Waals surface area contributed by atoms with Gasteiger partial charge in [-0.1, -0.05) is 0 Å². The second-order valence-electron chi connectivity index (χ2n) is 4.35. The van der Waals surface area contributed by atoms with Crippen LogP contribution in [0.15, 0.2) is 42.6 Å². The van der Waals surface area contributed by atoms with E-state index in [0.717, 1.165) is 6.54 Å². The molecule has 21 heavy (non-hydrogen) atoms. The van der Waals surface area contributed by atoms with E-state index in [4.69, 9.17) is 5.73 Å². The van der Waals surface area contributed by atoms with Gasteiger partial charge in [0.05, 0.1) is 6.04 Å². The molecule has 3 N–H and O–H groups in total. The molecule has 4 nitrogen and oxygen atoms in total. The van der Waals surface area contributed by atoms with Gasteiger partial charge in [0, 0.05) is 18.3 Å². The Labute approximate surface area is 129 Å². The van der Waals surface area contributed by atoms with Gasteiger partial charge in [0.25, 0.3) is 0 Å². The highest BCUT2D eigenvalue weighted by Gasteiger charge is 2.18. The molecule has 1 aromatic heterocycles. The van der Waals surface area contributed by atoms with Gasteiger partial charge in [-0.05, 0) is 48.9 Å². The molecule has 1 unspecified atom stereocenters. The van der Waals surface area contributed by atoms with E-state index in [9.17, 15) is 9.18 Å². The monoisotopic (exact) mass is 309 g/mol. The predicted octanol–water partition coefficient (Wildman–Crippen LogP) is 2.96. The van der Waals surface area contributed by atoms with Crippen molar-refractivity contribution in [1.82, 2.24) is 4.98 Å². The summed E-state index contributed by atoms with van der Waals surface area (Å²) in [6.07, 6.45) is 1.60. The van der Waals surface area contributed by atoms with Gasteiger partial charge in [0.1, 0.15) is 11.6 Å². The van der Waals surface area contributed by atoms with Crippen molar-refractivity contribution in [3.63, 3.8) is 0 Å². The van der Waals surface area contributed by atoms with E-state index in [1.165, 1.54) is 24.3 Å². The van der Waals surface area contributed by atoms with E-state index in [1.807, 2.05) is 6.92 Å². The lowest BCUT2D eigenvalue weighted by atomic mass is 9.99. The van der Waals surface area contributed by atoms with Crippen LogP contribution in [0.4, 0.5) is 10.2 Å². The number of nitrogens with one attached hydrogen (secondary N) is 1. The van der Waals surface area contributed by atoms with Crippen LogP contribution in [0.25, 0.3) is 0 Å². The summed E-state index contributed by atoms with van der Waals surface area (Å²) < 4.78 is 12.9. The van der Waals surface area contributed by atoms with E-state index < -0.39 is 6.04 Å². The van der Waals surface area contributed by atoms with Crippen LogP contribution in [0.2, 0.25) is 0 Å². The van der Waals surface area contributed by atoms with Gasteiger partial charge in [-0.2, -0.15) is 0 Å². The first-order valence-electron chi connectivity index (χ1n) is 6.37. The van der Waals surface area contributed by atoms with E-state index in [-0.39, 0.29) is 24.0 Å². The Bertz CT molecular complexity index is 604. The molecule has 0 spiro atoms. The summed E-state index contributed by atoms with van der Waals surface area (Å²) in [6.45, 7) is 2.69. The Hall–Kier alpha value is -1.98. The topological polar surface area (TPSA) is 68.0 Å². The van der Waals surface area contributed by atoms with Crippen LogP contribution in [-0.4, -0.2) is 17.3 Å². The number of nitrogens with two attached hydrogens (primary N) is 1. The Kier molecular flexibility index (Phi) is 6.27. The molecule has 1 atom stereocenters. The lowest BCUT2D eigenvalue weighted by Gasteiger charge is -2.12. The molecule has 1 heterocycles. The second kappa shape index (κ2) is 7.71. The molecule has 6 heteroatoms. The summed E-state index contributed by atoms with van der Waals surface area (Å²) in [5.74, 6) is 0.0412. The molecule has 0 saturated carbocycles. The van der Waals surface area contributed by atoms with Gasteiger partial charge < -0.3 is 11.1 Å². The Balaban J connectivity index is 0.00000220. The molecule has 0 bridgehead atoms. The standard InChI is InChI=1S/C15H16FN3O.ClH/c1-2-18-13-9-11(7-8-19-13)14(17)15(20)10-3-5-12(16)6-4-10;/h3-9,14H,2,17H2,1H3,(H,18,19);1H. The number of hydrogen-bond donors (Lipinski definition) is 2. The molecule has 0 aliphatic heterocycles. The van der Waals surface area contributed by atoms with Crippen LogP contribution in [0.1, 0.15) is 28.9 Å². The maximum Gasteiger partial charge on any atom is 0.184 e. The smallest absolute Gasteiger partial charge is 0.184 e. The van der Waals surface area contributed by atoms with Crippen LogP contribution >= 0.6 is 12.4 Å². The average Bonchev–Trinajstić information content (AvgIpc) is 2.47. The summed E-state index contributed by atoms with van der Waals surface area (Å²) in [7, 11) is 0. The Morgan fingerprint density at radius 1 is 1.33 bits per heavy atom. The van der Waals surface area contributed by atoms with Crippen LogP contribution in [0.3, 0.4) is 0 Å². The van der Waals surface area contributed by atoms with Gasteiger partial charge in [-0.15, -0.1) is 12.4 Å². The highest BCUT2D eigenvalue weighted by atomic mass is 35.5. The molecule has 2 rings (SSSR count). The number of pyridine rings is 1. The minimum absolute atomic E-state index is 0. The van der Waals surface area contributed by atoms with E-state index in [2.05, 4.69) is 10.3 Å². The van der Waals surface area contributed by atoms with Crippen molar-refractivity contribution < 1.29 is 9.18 Å². The lowest BCUT2D eigenvalue weighted by Crippen LogP contribution is -2.21. The first-order chi connectivity index (χ1) is 9.61. The number of aromatic nitrogens is 1. The molecule has 1 aromatic carbocycles. The third-order valence-electron chi connectivity index (χ3n) is 2.91. The average molecular weight is 310 g/mol. The zero-order chi connectivity index (χ0) is 14.5. The van der Waals surface area contributed by atoms with E-state index >= 15 is 0 Å². The zero-order valence-electron chi connectivity index (χ0n) is 11.5. The number of ketones is 1. The van der Waals surface area contributed by atoms with Crippen molar-refractivity contribution in [2.75, 3.05) is 11.9 Å². The number of benzene rings is 1. The third-order valence-corrected chi connectivity index (χ3v) is 2.91. The Morgan fingerprint density at radius 3 is 2.62 bits per heavy atom. The first kappa shape index (κ1) is 17.1. The van der Waals surface area contributed by atoms with Crippen molar-refractivity contribution in [1.29, 1.82) is 0 Å². The molecule has 0 amide bonds. The van der Waals surface area contributed by atoms with Crippen molar-refractivity contribution in [3.8, 4) is 0 Å². The fourth-order valence-corrected chi connectivity index (χ4v) is 1.86. The van der Waals surface area contributed by atoms with Gasteiger partial charge in [-0.3, -0.25) is 4.79 Å². The van der Waals surface area contributed by atoms with Gasteiger partial charge in [-0.25, -0.2) is 9.37 Å². The molecule has 112 valence electrons. The van der Waals surface area contributed by atoms with Crippen molar-refractivity contribution in [2.24, 2.45) is 5.73 Å². The largest absolute Gasteiger partial charge is 0.370 e. The van der Waals surface area contributed by atoms with Gasteiger partial charge >= 0.3 is 0 Å². The number of nitrogens with zero attached hydrogens (tertiary/aromatic N) is 1. The highest BCUT2D eigenvalue weighted by Crippen LogP contribution is 2.18. The number of halogens is 2. The molecule has 0 saturated heterocycles.